The van der Waals surface area contributed by atoms with Gasteiger partial charge in [-0.3, -0.25) is 9.52 Å². The van der Waals surface area contributed by atoms with E-state index in [9.17, 15) is 21.6 Å². The number of hydrogen-bond acceptors (Lipinski definition) is 7. The van der Waals surface area contributed by atoms with Gasteiger partial charge in [0.2, 0.25) is 10.0 Å². The first kappa shape index (κ1) is 24.9. The minimum atomic E-state index is -3.87. The SMILES string of the molecule is Cc1cc(NS(=O)(=O)c2ccc(NC(=O)c3ccc(S(=O)(=O)N4CCC(C)CC4)cc3)cc2)no1. The molecule has 12 heteroatoms. The lowest BCUT2D eigenvalue weighted by Crippen LogP contribution is -2.37. The molecule has 4 rings (SSSR count). The molecule has 1 aliphatic rings. The maximum absolute atomic E-state index is 12.9. The number of aromatic nitrogens is 1. The number of sulfonamides is 2. The van der Waals surface area contributed by atoms with Gasteiger partial charge in [-0.1, -0.05) is 12.1 Å². The van der Waals surface area contributed by atoms with E-state index < -0.39 is 26.0 Å². The number of hydrogen-bond donors (Lipinski definition) is 2. The van der Waals surface area contributed by atoms with E-state index in [-0.39, 0.29) is 21.2 Å². The van der Waals surface area contributed by atoms with Crippen LogP contribution in [0.3, 0.4) is 0 Å². The molecule has 0 radical (unpaired) electrons. The summed E-state index contributed by atoms with van der Waals surface area (Å²) >= 11 is 0. The van der Waals surface area contributed by atoms with Gasteiger partial charge in [0, 0.05) is 30.4 Å². The van der Waals surface area contributed by atoms with E-state index in [1.54, 1.807) is 6.92 Å². The molecule has 2 heterocycles. The molecule has 35 heavy (non-hydrogen) atoms. The number of nitrogens with one attached hydrogen (secondary N) is 2. The first-order chi connectivity index (χ1) is 16.5. The maximum Gasteiger partial charge on any atom is 0.263 e. The van der Waals surface area contributed by atoms with Gasteiger partial charge in [-0.05, 0) is 74.2 Å². The molecule has 0 atom stereocenters. The van der Waals surface area contributed by atoms with E-state index >= 15 is 0 Å². The van der Waals surface area contributed by atoms with E-state index in [1.807, 2.05) is 0 Å². The molecule has 1 aliphatic heterocycles. The quantitative estimate of drug-likeness (QED) is 0.488. The predicted octanol–water partition coefficient (Wildman–Crippen LogP) is 3.46. The minimum absolute atomic E-state index is 0.0159. The summed E-state index contributed by atoms with van der Waals surface area (Å²) in [5.41, 5.74) is 0.654. The Morgan fingerprint density at radius 1 is 0.971 bits per heavy atom. The topological polar surface area (TPSA) is 139 Å². The van der Waals surface area contributed by atoms with Crippen LogP contribution in [-0.4, -0.2) is 45.3 Å². The number of rotatable bonds is 7. The average Bonchev–Trinajstić information content (AvgIpc) is 3.23. The van der Waals surface area contributed by atoms with Crippen molar-refractivity contribution >= 4 is 37.5 Å². The Morgan fingerprint density at radius 2 is 1.57 bits per heavy atom. The van der Waals surface area contributed by atoms with Gasteiger partial charge < -0.3 is 9.84 Å². The highest BCUT2D eigenvalue weighted by Crippen LogP contribution is 2.24. The summed E-state index contributed by atoms with van der Waals surface area (Å²) in [6, 6.07) is 12.8. The summed E-state index contributed by atoms with van der Waals surface area (Å²) in [5.74, 6) is 0.593. The highest BCUT2D eigenvalue weighted by Gasteiger charge is 2.28. The van der Waals surface area contributed by atoms with Crippen LogP contribution >= 0.6 is 0 Å². The van der Waals surface area contributed by atoms with Crippen LogP contribution in [0.5, 0.6) is 0 Å². The van der Waals surface area contributed by atoms with Crippen molar-refractivity contribution in [2.45, 2.75) is 36.5 Å². The normalized spacial score (nSPS) is 15.6. The Labute approximate surface area is 204 Å². The summed E-state index contributed by atoms with van der Waals surface area (Å²) in [6.45, 7) is 4.74. The van der Waals surface area contributed by atoms with E-state index in [1.165, 1.54) is 58.9 Å². The molecule has 1 aromatic heterocycles. The van der Waals surface area contributed by atoms with Crippen molar-refractivity contribution in [3.05, 3.63) is 65.9 Å². The smallest absolute Gasteiger partial charge is 0.263 e. The Balaban J connectivity index is 1.40. The van der Waals surface area contributed by atoms with Crippen LogP contribution in [0.2, 0.25) is 0 Å². The molecule has 0 saturated carbocycles. The summed E-state index contributed by atoms with van der Waals surface area (Å²) in [4.78, 5) is 12.7. The van der Waals surface area contributed by atoms with Gasteiger partial charge in [0.15, 0.2) is 5.82 Å². The van der Waals surface area contributed by atoms with Crippen molar-refractivity contribution in [2.24, 2.45) is 5.92 Å². The first-order valence-corrected chi connectivity index (χ1v) is 13.9. The van der Waals surface area contributed by atoms with Gasteiger partial charge in [-0.2, -0.15) is 4.31 Å². The third kappa shape index (κ3) is 5.72. The fraction of sp³-hybridized carbons (Fsp3) is 0.304. The molecule has 0 aliphatic carbocycles. The lowest BCUT2D eigenvalue weighted by atomic mass is 10.0. The van der Waals surface area contributed by atoms with Crippen molar-refractivity contribution in [2.75, 3.05) is 23.1 Å². The van der Waals surface area contributed by atoms with Gasteiger partial charge in [0.1, 0.15) is 5.76 Å². The second-order valence-corrected chi connectivity index (χ2v) is 12.1. The number of anilines is 2. The van der Waals surface area contributed by atoms with Crippen molar-refractivity contribution in [1.82, 2.24) is 9.46 Å². The summed E-state index contributed by atoms with van der Waals surface area (Å²) < 4.78 is 59.3. The van der Waals surface area contributed by atoms with Crippen molar-refractivity contribution in [1.29, 1.82) is 0 Å². The Bertz CT molecular complexity index is 1410. The molecule has 10 nitrogen and oxygen atoms in total. The molecular weight excluding hydrogens is 492 g/mol. The third-order valence-electron chi connectivity index (χ3n) is 5.79. The maximum atomic E-state index is 12.9. The van der Waals surface area contributed by atoms with Gasteiger partial charge >= 0.3 is 0 Å². The number of benzene rings is 2. The van der Waals surface area contributed by atoms with Gasteiger partial charge in [-0.15, -0.1) is 0 Å². The van der Waals surface area contributed by atoms with E-state index in [0.29, 0.717) is 30.5 Å². The van der Waals surface area contributed by atoms with Crippen molar-refractivity contribution < 1.29 is 26.2 Å². The molecule has 0 bridgehead atoms. The molecule has 2 N–H and O–H groups in total. The second-order valence-electron chi connectivity index (χ2n) is 8.52. The zero-order valence-electron chi connectivity index (χ0n) is 19.3. The molecular formula is C23H26N4O6S2. The molecule has 2 aromatic carbocycles. The fourth-order valence-electron chi connectivity index (χ4n) is 3.68. The molecule has 1 saturated heterocycles. The van der Waals surface area contributed by atoms with E-state index in [2.05, 4.69) is 22.1 Å². The molecule has 1 amide bonds. The summed E-state index contributed by atoms with van der Waals surface area (Å²) in [5, 5.41) is 6.28. The molecule has 0 unspecified atom stereocenters. The Kier molecular flexibility index (Phi) is 6.97. The van der Waals surface area contributed by atoms with Crippen LogP contribution in [0.1, 0.15) is 35.9 Å². The van der Waals surface area contributed by atoms with E-state index in [4.69, 9.17) is 4.52 Å². The van der Waals surface area contributed by atoms with Crippen LogP contribution in [-0.2, 0) is 20.0 Å². The number of nitrogens with zero attached hydrogens (tertiary/aromatic N) is 2. The van der Waals surface area contributed by atoms with Crippen molar-refractivity contribution in [3.63, 3.8) is 0 Å². The lowest BCUT2D eigenvalue weighted by molar-refractivity contribution is 0.102. The Hall–Kier alpha value is -3.22. The molecule has 3 aromatic rings. The van der Waals surface area contributed by atoms with Crippen LogP contribution in [0.15, 0.2) is 68.9 Å². The first-order valence-electron chi connectivity index (χ1n) is 11.0. The monoisotopic (exact) mass is 518 g/mol. The van der Waals surface area contributed by atoms with Crippen LogP contribution in [0, 0.1) is 12.8 Å². The third-order valence-corrected chi connectivity index (χ3v) is 9.07. The van der Waals surface area contributed by atoms with Crippen LogP contribution in [0.4, 0.5) is 11.5 Å². The zero-order chi connectivity index (χ0) is 25.2. The van der Waals surface area contributed by atoms with Gasteiger partial charge in [0.05, 0.1) is 9.79 Å². The van der Waals surface area contributed by atoms with Gasteiger partial charge in [0.25, 0.3) is 15.9 Å². The van der Waals surface area contributed by atoms with Crippen molar-refractivity contribution in [3.8, 4) is 0 Å². The predicted molar refractivity (Wildman–Crippen MR) is 130 cm³/mol. The lowest BCUT2D eigenvalue weighted by Gasteiger charge is -2.29. The number of aryl methyl sites for hydroxylation is 1. The summed E-state index contributed by atoms with van der Waals surface area (Å²) in [7, 11) is -7.47. The second kappa shape index (κ2) is 9.80. The van der Waals surface area contributed by atoms with E-state index in [0.717, 1.165) is 12.8 Å². The molecule has 186 valence electrons. The fourth-order valence-corrected chi connectivity index (χ4v) is 6.14. The average molecular weight is 519 g/mol. The van der Waals surface area contributed by atoms with Gasteiger partial charge in [-0.25, -0.2) is 16.8 Å². The standard InChI is InChI=1S/C23H26N4O6S2/c1-16-11-13-27(14-12-16)35(31,32)21-7-3-18(4-8-21)23(28)24-19-5-9-20(10-6-19)34(29,30)26-22-15-17(2)33-25-22/h3-10,15-16H,11-14H2,1-2H3,(H,24,28)(H,25,26). The number of carbonyl (C=O) groups is 1. The zero-order valence-corrected chi connectivity index (χ0v) is 20.9. The minimum Gasteiger partial charge on any atom is -0.360 e. The highest BCUT2D eigenvalue weighted by atomic mass is 32.2. The molecule has 0 spiro atoms. The number of amides is 1. The Morgan fingerprint density at radius 3 is 2.14 bits per heavy atom. The number of piperidine rings is 1. The van der Waals surface area contributed by atoms with Crippen LogP contribution in [0.25, 0.3) is 0 Å². The number of carbonyl (C=O) groups excluding carboxylic acids is 1. The molecule has 1 fully saturated rings. The summed E-state index contributed by atoms with van der Waals surface area (Å²) in [6.07, 6.45) is 1.66. The largest absolute Gasteiger partial charge is 0.360 e. The highest BCUT2D eigenvalue weighted by molar-refractivity contribution is 7.92. The van der Waals surface area contributed by atoms with Crippen LogP contribution < -0.4 is 10.0 Å².